The molecule has 2 fully saturated rings. The second-order valence-corrected chi connectivity index (χ2v) is 5.81. The molecule has 0 radical (unpaired) electrons. The van der Waals surface area contributed by atoms with Crippen LogP contribution in [0.2, 0.25) is 0 Å². The predicted octanol–water partition coefficient (Wildman–Crippen LogP) is 1.90. The number of hydrogen-bond donors (Lipinski definition) is 1. The molecule has 112 valence electrons. The van der Waals surface area contributed by atoms with Crippen LogP contribution in [0.5, 0.6) is 0 Å². The van der Waals surface area contributed by atoms with Crippen LogP contribution in [-0.4, -0.2) is 48.6 Å². The van der Waals surface area contributed by atoms with Crippen LogP contribution in [0.25, 0.3) is 0 Å². The van der Waals surface area contributed by atoms with Crippen molar-refractivity contribution in [1.29, 1.82) is 0 Å². The summed E-state index contributed by atoms with van der Waals surface area (Å²) in [6.07, 6.45) is 4.67. The normalized spacial score (nSPS) is 23.6. The standard InChI is InChI=1S/C15H24N4.ClH/c1-13-11-18(9-6-16-13)12-14-4-5-15(17-10-14)19-7-2-3-8-19;/h4-5,10,13,16H,2-3,6-9,11-12H2,1H3;1H/t13-;/m1./s1. The molecule has 3 rings (SSSR count). The zero-order valence-electron chi connectivity index (χ0n) is 12.2. The van der Waals surface area contributed by atoms with Gasteiger partial charge >= 0.3 is 0 Å². The second-order valence-electron chi connectivity index (χ2n) is 5.81. The second kappa shape index (κ2) is 7.25. The molecule has 0 unspecified atom stereocenters. The van der Waals surface area contributed by atoms with Gasteiger partial charge in [0.15, 0.2) is 0 Å². The summed E-state index contributed by atoms with van der Waals surface area (Å²) >= 11 is 0. The van der Waals surface area contributed by atoms with Crippen LogP contribution in [0, 0.1) is 0 Å². The van der Waals surface area contributed by atoms with Crippen molar-refractivity contribution in [1.82, 2.24) is 15.2 Å². The van der Waals surface area contributed by atoms with E-state index in [0.29, 0.717) is 6.04 Å². The molecule has 1 aromatic rings. The van der Waals surface area contributed by atoms with Crippen molar-refractivity contribution < 1.29 is 0 Å². The number of halogens is 1. The zero-order chi connectivity index (χ0) is 13.1. The molecule has 0 saturated carbocycles. The Kier molecular flexibility index (Phi) is 5.64. The fraction of sp³-hybridized carbons (Fsp3) is 0.667. The van der Waals surface area contributed by atoms with Gasteiger partial charge in [0, 0.05) is 51.5 Å². The third-order valence-electron chi connectivity index (χ3n) is 4.10. The highest BCUT2D eigenvalue weighted by molar-refractivity contribution is 5.85. The average molecular weight is 297 g/mol. The molecule has 2 saturated heterocycles. The molecule has 0 aromatic carbocycles. The summed E-state index contributed by atoms with van der Waals surface area (Å²) in [5.41, 5.74) is 1.33. The molecule has 0 aliphatic carbocycles. The lowest BCUT2D eigenvalue weighted by Gasteiger charge is -2.31. The fourth-order valence-electron chi connectivity index (χ4n) is 3.06. The SMILES string of the molecule is C[C@@H]1CN(Cc2ccc(N3CCCC3)nc2)CCN1.Cl. The number of rotatable bonds is 3. The fourth-order valence-corrected chi connectivity index (χ4v) is 3.06. The summed E-state index contributed by atoms with van der Waals surface area (Å²) in [6.45, 7) is 8.98. The summed E-state index contributed by atoms with van der Waals surface area (Å²) in [6, 6.07) is 5.03. The molecule has 5 heteroatoms. The Morgan fingerprint density at radius 1 is 1.25 bits per heavy atom. The van der Waals surface area contributed by atoms with Crippen molar-refractivity contribution in [3.05, 3.63) is 23.9 Å². The van der Waals surface area contributed by atoms with Crippen LogP contribution in [-0.2, 0) is 6.54 Å². The third kappa shape index (κ3) is 3.84. The summed E-state index contributed by atoms with van der Waals surface area (Å²) in [4.78, 5) is 9.52. The number of nitrogens with zero attached hydrogens (tertiary/aromatic N) is 3. The number of hydrogen-bond acceptors (Lipinski definition) is 4. The lowest BCUT2D eigenvalue weighted by atomic mass is 10.2. The lowest BCUT2D eigenvalue weighted by molar-refractivity contribution is 0.199. The van der Waals surface area contributed by atoms with E-state index in [0.717, 1.165) is 32.0 Å². The average Bonchev–Trinajstić information content (AvgIpc) is 2.94. The third-order valence-corrected chi connectivity index (χ3v) is 4.10. The van der Waals surface area contributed by atoms with E-state index < -0.39 is 0 Å². The number of anilines is 1. The van der Waals surface area contributed by atoms with Gasteiger partial charge in [0.05, 0.1) is 0 Å². The topological polar surface area (TPSA) is 31.4 Å². The van der Waals surface area contributed by atoms with Gasteiger partial charge in [-0.2, -0.15) is 0 Å². The first-order valence-corrected chi connectivity index (χ1v) is 7.47. The molecular formula is C15H25ClN4. The highest BCUT2D eigenvalue weighted by atomic mass is 35.5. The predicted molar refractivity (Wildman–Crippen MR) is 85.7 cm³/mol. The van der Waals surface area contributed by atoms with Crippen LogP contribution in [0.4, 0.5) is 5.82 Å². The smallest absolute Gasteiger partial charge is 0.128 e. The van der Waals surface area contributed by atoms with Crippen LogP contribution in [0.3, 0.4) is 0 Å². The number of pyridine rings is 1. The van der Waals surface area contributed by atoms with Gasteiger partial charge in [-0.1, -0.05) is 6.07 Å². The molecule has 0 bridgehead atoms. The molecule has 4 nitrogen and oxygen atoms in total. The van der Waals surface area contributed by atoms with Gasteiger partial charge in [-0.3, -0.25) is 4.90 Å². The highest BCUT2D eigenvalue weighted by Gasteiger charge is 2.16. The Bertz CT molecular complexity index is 403. The molecule has 20 heavy (non-hydrogen) atoms. The summed E-state index contributed by atoms with van der Waals surface area (Å²) in [5.74, 6) is 1.15. The van der Waals surface area contributed by atoms with E-state index in [4.69, 9.17) is 0 Å². The maximum Gasteiger partial charge on any atom is 0.128 e. The Labute approximate surface area is 128 Å². The quantitative estimate of drug-likeness (QED) is 0.923. The molecule has 0 spiro atoms. The van der Waals surface area contributed by atoms with E-state index in [1.54, 1.807) is 0 Å². The van der Waals surface area contributed by atoms with E-state index >= 15 is 0 Å². The van der Waals surface area contributed by atoms with Gasteiger partial charge in [0.1, 0.15) is 5.82 Å². The monoisotopic (exact) mass is 296 g/mol. The molecule has 3 heterocycles. The minimum absolute atomic E-state index is 0. The first-order chi connectivity index (χ1) is 9.31. The van der Waals surface area contributed by atoms with Crippen LogP contribution in [0.15, 0.2) is 18.3 Å². The number of piperazine rings is 1. The van der Waals surface area contributed by atoms with Crippen molar-refractivity contribution >= 4 is 18.2 Å². The van der Waals surface area contributed by atoms with Crippen molar-refractivity contribution in [3.8, 4) is 0 Å². The van der Waals surface area contributed by atoms with E-state index in [-0.39, 0.29) is 12.4 Å². The van der Waals surface area contributed by atoms with Gasteiger partial charge in [-0.15, -0.1) is 12.4 Å². The molecular weight excluding hydrogens is 272 g/mol. The minimum atomic E-state index is 0. The Morgan fingerprint density at radius 2 is 2.05 bits per heavy atom. The minimum Gasteiger partial charge on any atom is -0.357 e. The van der Waals surface area contributed by atoms with Crippen molar-refractivity contribution in [2.75, 3.05) is 37.6 Å². The first kappa shape index (κ1) is 15.5. The van der Waals surface area contributed by atoms with Crippen molar-refractivity contribution in [2.45, 2.75) is 32.4 Å². The van der Waals surface area contributed by atoms with Crippen LogP contribution in [0.1, 0.15) is 25.3 Å². The van der Waals surface area contributed by atoms with E-state index in [2.05, 4.69) is 45.4 Å². The van der Waals surface area contributed by atoms with Gasteiger partial charge < -0.3 is 10.2 Å². The molecule has 0 amide bonds. The Balaban J connectivity index is 0.00000147. The molecule has 1 N–H and O–H groups in total. The Hall–Kier alpha value is -0.840. The highest BCUT2D eigenvalue weighted by Crippen LogP contribution is 2.18. The van der Waals surface area contributed by atoms with E-state index in [1.807, 2.05) is 0 Å². The van der Waals surface area contributed by atoms with Crippen molar-refractivity contribution in [3.63, 3.8) is 0 Å². The molecule has 2 aliphatic heterocycles. The van der Waals surface area contributed by atoms with Crippen LogP contribution < -0.4 is 10.2 Å². The molecule has 2 aliphatic rings. The lowest BCUT2D eigenvalue weighted by Crippen LogP contribution is -2.48. The van der Waals surface area contributed by atoms with E-state index in [1.165, 1.54) is 31.5 Å². The summed E-state index contributed by atoms with van der Waals surface area (Å²) in [7, 11) is 0. The number of nitrogens with one attached hydrogen (secondary N) is 1. The summed E-state index contributed by atoms with van der Waals surface area (Å²) < 4.78 is 0. The van der Waals surface area contributed by atoms with Gasteiger partial charge in [0.25, 0.3) is 0 Å². The van der Waals surface area contributed by atoms with Gasteiger partial charge in [-0.05, 0) is 31.4 Å². The first-order valence-electron chi connectivity index (χ1n) is 7.47. The maximum atomic E-state index is 4.63. The van der Waals surface area contributed by atoms with Crippen molar-refractivity contribution in [2.24, 2.45) is 0 Å². The van der Waals surface area contributed by atoms with Gasteiger partial charge in [0.2, 0.25) is 0 Å². The molecule has 1 aromatic heterocycles. The molecule has 1 atom stereocenters. The zero-order valence-corrected chi connectivity index (χ0v) is 13.0. The van der Waals surface area contributed by atoms with Gasteiger partial charge in [-0.25, -0.2) is 4.98 Å². The summed E-state index contributed by atoms with van der Waals surface area (Å²) in [5, 5.41) is 3.48. The Morgan fingerprint density at radius 3 is 2.70 bits per heavy atom. The number of aromatic nitrogens is 1. The largest absolute Gasteiger partial charge is 0.357 e. The maximum absolute atomic E-state index is 4.63. The van der Waals surface area contributed by atoms with Crippen LogP contribution >= 0.6 is 12.4 Å². The van der Waals surface area contributed by atoms with E-state index in [9.17, 15) is 0 Å².